The van der Waals surface area contributed by atoms with Crippen molar-refractivity contribution in [2.24, 2.45) is 4.99 Å². The summed E-state index contributed by atoms with van der Waals surface area (Å²) < 4.78 is 26.3. The van der Waals surface area contributed by atoms with Gasteiger partial charge in [-0.2, -0.15) is 0 Å². The number of rotatable bonds is 6. The van der Waals surface area contributed by atoms with Gasteiger partial charge in [0.15, 0.2) is 17.2 Å². The maximum absolute atomic E-state index is 12.3. The molecular formula is C20H18ClNO6. The third-order valence-corrected chi connectivity index (χ3v) is 4.33. The zero-order chi connectivity index (χ0) is 20.3. The minimum absolute atomic E-state index is 0.121. The number of hydrogen-bond acceptors (Lipinski definition) is 7. The fourth-order valence-corrected chi connectivity index (χ4v) is 2.91. The van der Waals surface area contributed by atoms with Crippen molar-refractivity contribution < 1.29 is 28.5 Å². The maximum Gasteiger partial charge on any atom is 0.363 e. The van der Waals surface area contributed by atoms with E-state index < -0.39 is 5.97 Å². The number of carbonyl (C=O) groups is 1. The van der Waals surface area contributed by atoms with E-state index >= 15 is 0 Å². The van der Waals surface area contributed by atoms with Crippen LogP contribution in [-0.2, 0) is 9.53 Å². The predicted molar refractivity (Wildman–Crippen MR) is 105 cm³/mol. The van der Waals surface area contributed by atoms with Crippen LogP contribution < -0.4 is 18.9 Å². The quantitative estimate of drug-likeness (QED) is 0.540. The van der Waals surface area contributed by atoms with E-state index in [-0.39, 0.29) is 11.6 Å². The highest BCUT2D eigenvalue weighted by Crippen LogP contribution is 2.39. The number of nitrogens with zero attached hydrogens (tertiary/aromatic N) is 1. The summed E-state index contributed by atoms with van der Waals surface area (Å²) in [7, 11) is 6.08. The number of methoxy groups -OCH3 is 4. The van der Waals surface area contributed by atoms with E-state index in [4.69, 9.17) is 35.3 Å². The van der Waals surface area contributed by atoms with Crippen LogP contribution >= 0.6 is 11.6 Å². The Morgan fingerprint density at radius 3 is 2.18 bits per heavy atom. The number of aliphatic imine (C=N–C) groups is 1. The van der Waals surface area contributed by atoms with Gasteiger partial charge in [-0.1, -0.05) is 11.6 Å². The van der Waals surface area contributed by atoms with E-state index in [0.717, 1.165) is 0 Å². The molecule has 0 aliphatic carbocycles. The number of cyclic esters (lactones) is 1. The van der Waals surface area contributed by atoms with Gasteiger partial charge in [0.1, 0.15) is 5.75 Å². The first-order valence-electron chi connectivity index (χ1n) is 8.17. The smallest absolute Gasteiger partial charge is 0.363 e. The topological polar surface area (TPSA) is 75.6 Å². The Balaban J connectivity index is 2.00. The second-order valence-electron chi connectivity index (χ2n) is 5.64. The van der Waals surface area contributed by atoms with Crippen LogP contribution in [0.15, 0.2) is 41.0 Å². The normalized spacial score (nSPS) is 14.5. The molecular weight excluding hydrogens is 386 g/mol. The summed E-state index contributed by atoms with van der Waals surface area (Å²) in [5.41, 5.74) is 1.24. The molecule has 0 saturated carbocycles. The first kappa shape index (κ1) is 19.6. The van der Waals surface area contributed by atoms with Crippen LogP contribution in [0.1, 0.15) is 11.1 Å². The summed E-state index contributed by atoms with van der Waals surface area (Å²) in [4.78, 5) is 16.5. The second-order valence-corrected chi connectivity index (χ2v) is 6.05. The van der Waals surface area contributed by atoms with Gasteiger partial charge < -0.3 is 23.7 Å². The Hall–Kier alpha value is -3.19. The molecule has 146 valence electrons. The van der Waals surface area contributed by atoms with Crippen molar-refractivity contribution in [2.75, 3.05) is 28.4 Å². The van der Waals surface area contributed by atoms with E-state index in [1.807, 2.05) is 0 Å². The molecule has 0 N–H and O–H groups in total. The molecule has 3 rings (SSSR count). The Morgan fingerprint density at radius 1 is 0.964 bits per heavy atom. The average Bonchev–Trinajstić information content (AvgIpc) is 3.06. The Bertz CT molecular complexity index is 958. The number of carbonyl (C=O) groups excluding carboxylic acids is 1. The first-order valence-corrected chi connectivity index (χ1v) is 8.55. The minimum Gasteiger partial charge on any atom is -0.497 e. The van der Waals surface area contributed by atoms with Gasteiger partial charge in [0, 0.05) is 0 Å². The lowest BCUT2D eigenvalue weighted by atomic mass is 10.1. The molecule has 28 heavy (non-hydrogen) atoms. The van der Waals surface area contributed by atoms with Crippen molar-refractivity contribution in [1.82, 2.24) is 0 Å². The fourth-order valence-electron chi connectivity index (χ4n) is 2.66. The molecule has 1 heterocycles. The molecule has 0 atom stereocenters. The van der Waals surface area contributed by atoms with Crippen molar-refractivity contribution in [2.45, 2.75) is 0 Å². The summed E-state index contributed by atoms with van der Waals surface area (Å²) >= 11 is 6.24. The number of benzene rings is 2. The summed E-state index contributed by atoms with van der Waals surface area (Å²) in [6, 6.07) is 8.41. The van der Waals surface area contributed by atoms with Crippen LogP contribution in [0.5, 0.6) is 23.0 Å². The molecule has 0 bridgehead atoms. The lowest BCUT2D eigenvalue weighted by molar-refractivity contribution is -0.129. The minimum atomic E-state index is -0.587. The van der Waals surface area contributed by atoms with E-state index in [1.165, 1.54) is 28.4 Å². The predicted octanol–water partition coefficient (Wildman–Crippen LogP) is 3.72. The lowest BCUT2D eigenvalue weighted by Gasteiger charge is -2.12. The highest BCUT2D eigenvalue weighted by Gasteiger charge is 2.26. The summed E-state index contributed by atoms with van der Waals surface area (Å²) in [5, 5.41) is 0.361. The first-order chi connectivity index (χ1) is 13.5. The van der Waals surface area contributed by atoms with Crippen molar-refractivity contribution in [3.63, 3.8) is 0 Å². The number of ether oxygens (including phenoxy) is 5. The van der Waals surface area contributed by atoms with Crippen molar-refractivity contribution in [1.29, 1.82) is 0 Å². The highest BCUT2D eigenvalue weighted by molar-refractivity contribution is 6.34. The fraction of sp³-hybridized carbons (Fsp3) is 0.200. The highest BCUT2D eigenvalue weighted by atomic mass is 35.5. The summed E-state index contributed by atoms with van der Waals surface area (Å²) in [5.74, 6) is 1.50. The molecule has 8 heteroatoms. The Morgan fingerprint density at radius 2 is 1.64 bits per heavy atom. The van der Waals surface area contributed by atoms with Gasteiger partial charge in [0.2, 0.25) is 11.6 Å². The van der Waals surface area contributed by atoms with Crippen LogP contribution in [0, 0.1) is 0 Å². The maximum atomic E-state index is 12.3. The molecule has 7 nitrogen and oxygen atoms in total. The van der Waals surface area contributed by atoms with Gasteiger partial charge in [-0.3, -0.25) is 0 Å². The zero-order valence-corrected chi connectivity index (χ0v) is 16.5. The van der Waals surface area contributed by atoms with Crippen LogP contribution in [0.2, 0.25) is 5.02 Å². The van der Waals surface area contributed by atoms with Crippen molar-refractivity contribution in [3.8, 4) is 23.0 Å². The van der Waals surface area contributed by atoms with Crippen molar-refractivity contribution >= 4 is 29.5 Å². The molecule has 0 spiro atoms. The van der Waals surface area contributed by atoms with Gasteiger partial charge in [-0.05, 0) is 42.0 Å². The van der Waals surface area contributed by atoms with E-state index in [2.05, 4.69) is 4.99 Å². The number of hydrogen-bond donors (Lipinski definition) is 0. The Kier molecular flexibility index (Phi) is 5.75. The third-order valence-electron chi connectivity index (χ3n) is 4.02. The van der Waals surface area contributed by atoms with Gasteiger partial charge in [0.05, 0.1) is 39.0 Å². The Labute approximate surface area is 167 Å². The molecule has 0 aromatic heterocycles. The number of esters is 1. The van der Waals surface area contributed by atoms with Gasteiger partial charge in [-0.15, -0.1) is 0 Å². The summed E-state index contributed by atoms with van der Waals surface area (Å²) in [6.07, 6.45) is 1.57. The van der Waals surface area contributed by atoms with Gasteiger partial charge >= 0.3 is 5.97 Å². The monoisotopic (exact) mass is 403 g/mol. The van der Waals surface area contributed by atoms with Gasteiger partial charge in [0.25, 0.3) is 0 Å². The second kappa shape index (κ2) is 8.22. The zero-order valence-electron chi connectivity index (χ0n) is 15.7. The molecule has 2 aromatic rings. The third kappa shape index (κ3) is 3.75. The molecule has 0 saturated heterocycles. The standard InChI is InChI=1S/C20H18ClNO6/c1-24-12-5-6-13(14(21)10-12)19-22-15(20(23)28-19)7-11-8-16(25-2)18(27-4)17(9-11)26-3/h5-10H,1-4H3/b15-7-. The molecule has 0 amide bonds. The van der Waals surface area contributed by atoms with Crippen LogP contribution in [0.3, 0.4) is 0 Å². The van der Waals surface area contributed by atoms with Crippen molar-refractivity contribution in [3.05, 3.63) is 52.2 Å². The molecule has 1 aliphatic rings. The molecule has 2 aromatic carbocycles. The lowest BCUT2D eigenvalue weighted by Crippen LogP contribution is -2.06. The van der Waals surface area contributed by atoms with Crippen LogP contribution in [-0.4, -0.2) is 40.3 Å². The summed E-state index contributed by atoms with van der Waals surface area (Å²) in [6.45, 7) is 0. The van der Waals surface area contributed by atoms with E-state index in [1.54, 1.807) is 36.4 Å². The molecule has 0 fully saturated rings. The molecule has 1 aliphatic heterocycles. The van der Waals surface area contributed by atoms with Crippen LogP contribution in [0.4, 0.5) is 0 Å². The van der Waals surface area contributed by atoms with Gasteiger partial charge in [-0.25, -0.2) is 9.79 Å². The number of halogens is 1. The SMILES string of the molecule is COc1ccc(C2=N/C(=C\c3cc(OC)c(OC)c(OC)c3)C(=O)O2)c(Cl)c1. The largest absolute Gasteiger partial charge is 0.497 e. The molecule has 0 unspecified atom stereocenters. The molecule has 0 radical (unpaired) electrons. The van der Waals surface area contributed by atoms with E-state index in [9.17, 15) is 4.79 Å². The van der Waals surface area contributed by atoms with E-state index in [0.29, 0.717) is 39.1 Å². The van der Waals surface area contributed by atoms with Crippen LogP contribution in [0.25, 0.3) is 6.08 Å². The average molecular weight is 404 g/mol.